The molecule has 4 heteroatoms. The Morgan fingerprint density at radius 1 is 0.850 bits per heavy atom. The van der Waals surface area contributed by atoms with Crippen LogP contribution in [0.3, 0.4) is 0 Å². The van der Waals surface area contributed by atoms with Crippen LogP contribution in [0.5, 0.6) is 0 Å². The summed E-state index contributed by atoms with van der Waals surface area (Å²) < 4.78 is 0. The van der Waals surface area contributed by atoms with Crippen molar-refractivity contribution in [3.05, 3.63) is 66.9 Å². The normalized spacial score (nSPS) is 10.2. The van der Waals surface area contributed by atoms with E-state index < -0.39 is 0 Å². The fourth-order valence-corrected chi connectivity index (χ4v) is 2.04. The second kappa shape index (κ2) is 5.40. The van der Waals surface area contributed by atoms with Gasteiger partial charge in [-0.3, -0.25) is 5.32 Å². The smallest absolute Gasteiger partial charge is 0.307 e. The Balaban J connectivity index is 1.81. The third-order valence-electron chi connectivity index (χ3n) is 2.94. The van der Waals surface area contributed by atoms with Crippen LogP contribution < -0.4 is 10.6 Å². The highest BCUT2D eigenvalue weighted by molar-refractivity contribution is 6.05. The number of carbonyl (C=O) groups excluding carboxylic acids is 1. The lowest BCUT2D eigenvalue weighted by Gasteiger charge is -2.09. The van der Waals surface area contributed by atoms with Crippen molar-refractivity contribution in [1.29, 1.82) is 0 Å². The minimum Gasteiger partial charge on any atom is -0.307 e. The van der Waals surface area contributed by atoms with Crippen molar-refractivity contribution in [3.8, 4) is 0 Å². The van der Waals surface area contributed by atoms with Crippen molar-refractivity contribution in [2.75, 3.05) is 10.6 Å². The van der Waals surface area contributed by atoms with Crippen molar-refractivity contribution in [3.63, 3.8) is 0 Å². The summed E-state index contributed by atoms with van der Waals surface area (Å²) in [6, 6.07) is 18.8. The zero-order valence-electron chi connectivity index (χ0n) is 10.7. The number of nitrogens with one attached hydrogen (secondary N) is 2. The van der Waals surface area contributed by atoms with Crippen LogP contribution in [-0.4, -0.2) is 11.0 Å². The highest BCUT2D eigenvalue weighted by atomic mass is 16.2. The molecule has 0 bridgehead atoms. The standard InChI is InChI=1S/C16H13N3O/c20-16(19-15-10-3-4-11-17-15)18-14-9-5-7-12-6-1-2-8-13(12)14/h1-11H,(H2,17,18,19,20). The summed E-state index contributed by atoms with van der Waals surface area (Å²) >= 11 is 0. The van der Waals surface area contributed by atoms with E-state index in [9.17, 15) is 4.79 Å². The van der Waals surface area contributed by atoms with Crippen LogP contribution in [0.2, 0.25) is 0 Å². The molecule has 0 unspecified atom stereocenters. The zero-order valence-corrected chi connectivity index (χ0v) is 10.7. The van der Waals surface area contributed by atoms with Gasteiger partial charge in [-0.1, -0.05) is 42.5 Å². The molecule has 0 saturated heterocycles. The lowest BCUT2D eigenvalue weighted by Crippen LogP contribution is -2.20. The predicted octanol–water partition coefficient (Wildman–Crippen LogP) is 3.88. The van der Waals surface area contributed by atoms with E-state index >= 15 is 0 Å². The molecule has 0 atom stereocenters. The van der Waals surface area contributed by atoms with Crippen molar-refractivity contribution in [2.45, 2.75) is 0 Å². The quantitative estimate of drug-likeness (QED) is 0.737. The molecule has 4 nitrogen and oxygen atoms in total. The Hall–Kier alpha value is -2.88. The molecule has 2 N–H and O–H groups in total. The van der Waals surface area contributed by atoms with Gasteiger partial charge < -0.3 is 5.32 Å². The Labute approximate surface area is 116 Å². The summed E-state index contributed by atoms with van der Waals surface area (Å²) in [5.74, 6) is 0.519. The van der Waals surface area contributed by atoms with Crippen LogP contribution in [0, 0.1) is 0 Å². The first-order chi connectivity index (χ1) is 9.83. The molecule has 0 aliphatic heterocycles. The van der Waals surface area contributed by atoms with Crippen LogP contribution in [0.4, 0.5) is 16.3 Å². The molecule has 0 radical (unpaired) electrons. The van der Waals surface area contributed by atoms with Crippen LogP contribution in [0.1, 0.15) is 0 Å². The van der Waals surface area contributed by atoms with Crippen molar-refractivity contribution < 1.29 is 4.79 Å². The predicted molar refractivity (Wildman–Crippen MR) is 80.8 cm³/mol. The number of carbonyl (C=O) groups is 1. The molecule has 1 heterocycles. The lowest BCUT2D eigenvalue weighted by molar-refractivity contribution is 0.262. The molecule has 0 aliphatic rings. The van der Waals surface area contributed by atoms with E-state index in [1.54, 1.807) is 18.3 Å². The van der Waals surface area contributed by atoms with Gasteiger partial charge in [-0.25, -0.2) is 9.78 Å². The Bertz CT molecular complexity index is 736. The van der Waals surface area contributed by atoms with E-state index in [1.165, 1.54) is 0 Å². The van der Waals surface area contributed by atoms with E-state index in [-0.39, 0.29) is 6.03 Å². The average molecular weight is 263 g/mol. The summed E-state index contributed by atoms with van der Waals surface area (Å²) in [4.78, 5) is 16.0. The number of anilines is 2. The van der Waals surface area contributed by atoms with E-state index in [4.69, 9.17) is 0 Å². The molecular formula is C16H13N3O. The molecule has 0 spiro atoms. The Morgan fingerprint density at radius 3 is 2.50 bits per heavy atom. The summed E-state index contributed by atoms with van der Waals surface area (Å²) in [6.45, 7) is 0. The summed E-state index contributed by atoms with van der Waals surface area (Å²) in [5.41, 5.74) is 0.775. The first kappa shape index (κ1) is 12.2. The van der Waals surface area contributed by atoms with Gasteiger partial charge in [-0.2, -0.15) is 0 Å². The molecule has 20 heavy (non-hydrogen) atoms. The number of pyridine rings is 1. The van der Waals surface area contributed by atoms with Gasteiger partial charge in [0.15, 0.2) is 0 Å². The van der Waals surface area contributed by atoms with Gasteiger partial charge in [0.05, 0.1) is 5.69 Å². The van der Waals surface area contributed by atoms with Gasteiger partial charge >= 0.3 is 6.03 Å². The number of hydrogen-bond donors (Lipinski definition) is 2. The average Bonchev–Trinajstić information content (AvgIpc) is 2.48. The lowest BCUT2D eigenvalue weighted by atomic mass is 10.1. The van der Waals surface area contributed by atoms with Crippen molar-refractivity contribution >= 4 is 28.3 Å². The number of rotatable bonds is 2. The van der Waals surface area contributed by atoms with E-state index in [1.807, 2.05) is 48.5 Å². The third kappa shape index (κ3) is 2.59. The monoisotopic (exact) mass is 263 g/mol. The topological polar surface area (TPSA) is 54.0 Å². The number of nitrogens with zero attached hydrogens (tertiary/aromatic N) is 1. The molecule has 0 fully saturated rings. The van der Waals surface area contributed by atoms with Crippen LogP contribution in [0.15, 0.2) is 66.9 Å². The fraction of sp³-hybridized carbons (Fsp3) is 0. The molecule has 98 valence electrons. The molecule has 0 saturated carbocycles. The van der Waals surface area contributed by atoms with Crippen LogP contribution >= 0.6 is 0 Å². The second-order valence-corrected chi connectivity index (χ2v) is 4.32. The minimum absolute atomic E-state index is 0.306. The van der Waals surface area contributed by atoms with Gasteiger partial charge in [0.1, 0.15) is 5.82 Å². The number of benzene rings is 2. The molecule has 3 rings (SSSR count). The summed E-state index contributed by atoms with van der Waals surface area (Å²) in [6.07, 6.45) is 1.63. The van der Waals surface area contributed by atoms with E-state index in [0.29, 0.717) is 5.82 Å². The Morgan fingerprint density at radius 2 is 1.65 bits per heavy atom. The number of urea groups is 1. The maximum atomic E-state index is 12.0. The Kier molecular flexibility index (Phi) is 3.29. The highest BCUT2D eigenvalue weighted by Crippen LogP contribution is 2.22. The number of hydrogen-bond acceptors (Lipinski definition) is 2. The first-order valence-electron chi connectivity index (χ1n) is 6.30. The van der Waals surface area contributed by atoms with Gasteiger partial charge in [-0.15, -0.1) is 0 Å². The summed E-state index contributed by atoms with van der Waals surface area (Å²) in [5, 5.41) is 7.63. The maximum Gasteiger partial charge on any atom is 0.324 e. The number of amides is 2. The molecule has 0 aliphatic carbocycles. The number of fused-ring (bicyclic) bond motifs is 1. The molecule has 2 amide bonds. The molecule has 1 aromatic heterocycles. The van der Waals surface area contributed by atoms with Gasteiger partial charge in [0.2, 0.25) is 0 Å². The first-order valence-corrected chi connectivity index (χ1v) is 6.30. The van der Waals surface area contributed by atoms with E-state index in [0.717, 1.165) is 16.5 Å². The van der Waals surface area contributed by atoms with Gasteiger partial charge in [0.25, 0.3) is 0 Å². The van der Waals surface area contributed by atoms with Crippen molar-refractivity contribution in [1.82, 2.24) is 4.98 Å². The molecule has 2 aromatic carbocycles. The second-order valence-electron chi connectivity index (χ2n) is 4.32. The number of aromatic nitrogens is 1. The van der Waals surface area contributed by atoms with Gasteiger partial charge in [0, 0.05) is 11.6 Å². The van der Waals surface area contributed by atoms with E-state index in [2.05, 4.69) is 15.6 Å². The largest absolute Gasteiger partial charge is 0.324 e. The van der Waals surface area contributed by atoms with Crippen molar-refractivity contribution in [2.24, 2.45) is 0 Å². The third-order valence-corrected chi connectivity index (χ3v) is 2.94. The van der Waals surface area contributed by atoms with Crippen LogP contribution in [-0.2, 0) is 0 Å². The fourth-order valence-electron chi connectivity index (χ4n) is 2.04. The SMILES string of the molecule is O=C(Nc1ccccn1)Nc1cccc2ccccc12. The maximum absolute atomic E-state index is 12.0. The minimum atomic E-state index is -0.306. The van der Waals surface area contributed by atoms with Crippen LogP contribution in [0.25, 0.3) is 10.8 Å². The highest BCUT2D eigenvalue weighted by Gasteiger charge is 2.05. The molecule has 3 aromatic rings. The molecular weight excluding hydrogens is 250 g/mol. The summed E-state index contributed by atoms with van der Waals surface area (Å²) in [7, 11) is 0. The zero-order chi connectivity index (χ0) is 13.8. The van der Waals surface area contributed by atoms with Gasteiger partial charge in [-0.05, 0) is 23.6 Å².